The lowest BCUT2D eigenvalue weighted by Gasteiger charge is -2.11. The fourth-order valence-electron chi connectivity index (χ4n) is 2.67. The van der Waals surface area contributed by atoms with Gasteiger partial charge in [0, 0.05) is 16.6 Å². The van der Waals surface area contributed by atoms with Gasteiger partial charge in [0.1, 0.15) is 0 Å². The quantitative estimate of drug-likeness (QED) is 0.731. The first kappa shape index (κ1) is 11.9. The molecule has 2 nitrogen and oxygen atoms in total. The lowest BCUT2D eigenvalue weighted by Crippen LogP contribution is -2.03. The summed E-state index contributed by atoms with van der Waals surface area (Å²) in [6.45, 7) is 1.59. The third-order valence-electron chi connectivity index (χ3n) is 3.43. The van der Waals surface area contributed by atoms with Crippen molar-refractivity contribution in [3.8, 4) is 0 Å². The second-order valence-electron chi connectivity index (χ2n) is 4.58. The van der Waals surface area contributed by atoms with Crippen LogP contribution in [-0.4, -0.2) is 10.8 Å². The Balaban J connectivity index is 2.49. The summed E-state index contributed by atoms with van der Waals surface area (Å²) in [6, 6.07) is 3.56. The van der Waals surface area contributed by atoms with E-state index in [4.69, 9.17) is 23.2 Å². The molecule has 0 atom stereocenters. The summed E-state index contributed by atoms with van der Waals surface area (Å²) >= 11 is 12.2. The van der Waals surface area contributed by atoms with Gasteiger partial charge in [-0.15, -0.1) is 0 Å². The lowest BCUT2D eigenvalue weighted by atomic mass is 9.98. The molecule has 1 aliphatic carbocycles. The number of benzene rings is 1. The molecule has 0 fully saturated rings. The Hall–Kier alpha value is -1.12. The maximum atomic E-state index is 11.9. The van der Waals surface area contributed by atoms with Crippen LogP contribution in [0, 0.1) is 0 Å². The Bertz CT molecular complexity index is 679. The minimum Gasteiger partial charge on any atom is -0.294 e. The number of nitrogens with zero attached hydrogens (tertiary/aromatic N) is 1. The van der Waals surface area contributed by atoms with Gasteiger partial charge in [-0.25, -0.2) is 0 Å². The summed E-state index contributed by atoms with van der Waals surface area (Å²) in [4.78, 5) is 16.5. The van der Waals surface area contributed by atoms with Gasteiger partial charge >= 0.3 is 0 Å². The zero-order valence-electron chi connectivity index (χ0n) is 9.89. The van der Waals surface area contributed by atoms with Gasteiger partial charge in [-0.2, -0.15) is 0 Å². The summed E-state index contributed by atoms with van der Waals surface area (Å²) < 4.78 is 0. The Morgan fingerprint density at radius 1 is 1.28 bits per heavy atom. The number of halogens is 2. The van der Waals surface area contributed by atoms with Gasteiger partial charge < -0.3 is 0 Å². The highest BCUT2D eigenvalue weighted by Gasteiger charge is 2.23. The van der Waals surface area contributed by atoms with E-state index >= 15 is 0 Å². The number of aromatic nitrogens is 1. The monoisotopic (exact) mass is 279 g/mol. The van der Waals surface area contributed by atoms with Gasteiger partial charge in [0.15, 0.2) is 5.78 Å². The van der Waals surface area contributed by atoms with E-state index in [0.717, 1.165) is 41.5 Å². The second kappa shape index (κ2) is 4.22. The fourth-order valence-corrected chi connectivity index (χ4v) is 3.03. The van der Waals surface area contributed by atoms with E-state index in [9.17, 15) is 4.79 Å². The second-order valence-corrected chi connectivity index (χ2v) is 5.36. The first-order chi connectivity index (χ1) is 8.59. The highest BCUT2D eigenvalue weighted by molar-refractivity contribution is 6.45. The number of fused-ring (bicyclic) bond motifs is 2. The molecule has 0 spiro atoms. The van der Waals surface area contributed by atoms with Crippen molar-refractivity contribution < 1.29 is 4.79 Å². The van der Waals surface area contributed by atoms with Crippen molar-refractivity contribution in [1.82, 2.24) is 4.98 Å². The molecule has 0 radical (unpaired) electrons. The Labute approximate surface area is 115 Å². The average molecular weight is 280 g/mol. The van der Waals surface area contributed by atoms with Crippen LogP contribution < -0.4 is 0 Å². The molecule has 18 heavy (non-hydrogen) atoms. The molecule has 1 aromatic carbocycles. The van der Waals surface area contributed by atoms with Crippen molar-refractivity contribution in [2.75, 3.05) is 0 Å². The number of hydrogen-bond acceptors (Lipinski definition) is 2. The van der Waals surface area contributed by atoms with Crippen LogP contribution in [0.2, 0.25) is 10.0 Å². The molecule has 0 amide bonds. The summed E-state index contributed by atoms with van der Waals surface area (Å²) in [5, 5.41) is 1.73. The zero-order valence-corrected chi connectivity index (χ0v) is 11.4. The van der Waals surface area contributed by atoms with Gasteiger partial charge in [0.25, 0.3) is 0 Å². The highest BCUT2D eigenvalue weighted by atomic mass is 35.5. The third-order valence-corrected chi connectivity index (χ3v) is 4.22. The number of Topliss-reactive ketones (excluding diaryl/α,β-unsaturated/α-hetero) is 1. The van der Waals surface area contributed by atoms with Gasteiger partial charge in [-0.1, -0.05) is 29.3 Å². The molecule has 1 aliphatic rings. The number of ketones is 1. The van der Waals surface area contributed by atoms with E-state index in [1.54, 1.807) is 13.0 Å². The number of rotatable bonds is 1. The average Bonchev–Trinajstić information content (AvgIpc) is 2.79. The van der Waals surface area contributed by atoms with E-state index in [1.165, 1.54) is 0 Å². The normalized spacial score (nSPS) is 13.9. The molecule has 2 aromatic rings. The highest BCUT2D eigenvalue weighted by Crippen LogP contribution is 2.36. The number of hydrogen-bond donors (Lipinski definition) is 0. The summed E-state index contributed by atoms with van der Waals surface area (Å²) in [7, 11) is 0. The van der Waals surface area contributed by atoms with Gasteiger partial charge in [-0.05, 0) is 37.8 Å². The van der Waals surface area contributed by atoms with Crippen LogP contribution in [-0.2, 0) is 12.8 Å². The lowest BCUT2D eigenvalue weighted by molar-refractivity contribution is 0.101. The molecule has 0 aliphatic heterocycles. The van der Waals surface area contributed by atoms with Crippen LogP contribution in [0.1, 0.15) is 35.0 Å². The van der Waals surface area contributed by atoms with Crippen molar-refractivity contribution in [3.05, 3.63) is 39.0 Å². The van der Waals surface area contributed by atoms with Crippen molar-refractivity contribution in [1.29, 1.82) is 0 Å². The largest absolute Gasteiger partial charge is 0.294 e. The third kappa shape index (κ3) is 1.63. The Kier molecular flexibility index (Phi) is 2.80. The standard InChI is InChI=1S/C14H11Cl2NO/c1-7(18)12-8-3-2-4-11(8)17-14-9(12)5-6-10(15)13(14)16/h5-6H,2-4H2,1H3. The molecule has 0 saturated carbocycles. The van der Waals surface area contributed by atoms with Crippen LogP contribution in [0.25, 0.3) is 10.9 Å². The van der Waals surface area contributed by atoms with Crippen molar-refractivity contribution in [3.63, 3.8) is 0 Å². The van der Waals surface area contributed by atoms with Crippen molar-refractivity contribution in [2.24, 2.45) is 0 Å². The van der Waals surface area contributed by atoms with Crippen LogP contribution in [0.4, 0.5) is 0 Å². The predicted octanol–water partition coefficient (Wildman–Crippen LogP) is 4.23. The van der Waals surface area contributed by atoms with Crippen LogP contribution in [0.15, 0.2) is 12.1 Å². The SMILES string of the molecule is CC(=O)c1c2c(nc3c(Cl)c(Cl)ccc13)CCC2. The topological polar surface area (TPSA) is 30.0 Å². The summed E-state index contributed by atoms with van der Waals surface area (Å²) in [5.41, 5.74) is 3.51. The molecule has 4 heteroatoms. The zero-order chi connectivity index (χ0) is 12.9. The number of carbonyl (C=O) groups is 1. The minimum absolute atomic E-state index is 0.0685. The summed E-state index contributed by atoms with van der Waals surface area (Å²) in [5.74, 6) is 0.0685. The molecule has 3 rings (SSSR count). The minimum atomic E-state index is 0.0685. The Morgan fingerprint density at radius 3 is 2.78 bits per heavy atom. The first-order valence-electron chi connectivity index (χ1n) is 5.90. The molecule has 1 heterocycles. The first-order valence-corrected chi connectivity index (χ1v) is 6.65. The predicted molar refractivity (Wildman–Crippen MR) is 73.8 cm³/mol. The van der Waals surface area contributed by atoms with E-state index < -0.39 is 0 Å². The summed E-state index contributed by atoms with van der Waals surface area (Å²) in [6.07, 6.45) is 2.88. The number of carbonyl (C=O) groups excluding carboxylic acids is 1. The van der Waals surface area contributed by atoms with Gasteiger partial charge in [-0.3, -0.25) is 9.78 Å². The molecule has 0 N–H and O–H groups in total. The van der Waals surface area contributed by atoms with E-state index in [0.29, 0.717) is 15.6 Å². The van der Waals surface area contributed by atoms with Crippen LogP contribution in [0.5, 0.6) is 0 Å². The maximum Gasteiger partial charge on any atom is 0.160 e. The van der Waals surface area contributed by atoms with E-state index in [1.807, 2.05) is 6.07 Å². The van der Waals surface area contributed by atoms with Gasteiger partial charge in [0.2, 0.25) is 0 Å². The van der Waals surface area contributed by atoms with Crippen LogP contribution >= 0.6 is 23.2 Å². The molecule has 92 valence electrons. The molecule has 0 bridgehead atoms. The van der Waals surface area contributed by atoms with Crippen molar-refractivity contribution in [2.45, 2.75) is 26.2 Å². The Morgan fingerprint density at radius 2 is 2.06 bits per heavy atom. The molecule has 0 unspecified atom stereocenters. The fraction of sp³-hybridized carbons (Fsp3) is 0.286. The van der Waals surface area contributed by atoms with Gasteiger partial charge in [0.05, 0.1) is 15.6 Å². The van der Waals surface area contributed by atoms with E-state index in [2.05, 4.69) is 4.98 Å². The molecular weight excluding hydrogens is 269 g/mol. The smallest absolute Gasteiger partial charge is 0.160 e. The van der Waals surface area contributed by atoms with Crippen LogP contribution in [0.3, 0.4) is 0 Å². The number of aryl methyl sites for hydroxylation is 1. The number of pyridine rings is 1. The van der Waals surface area contributed by atoms with E-state index in [-0.39, 0.29) is 5.78 Å². The van der Waals surface area contributed by atoms with Crippen molar-refractivity contribution >= 4 is 39.9 Å². The molecule has 0 saturated heterocycles. The molecular formula is C14H11Cl2NO. The maximum absolute atomic E-state index is 11.9. The molecule has 1 aromatic heterocycles.